The van der Waals surface area contributed by atoms with Crippen molar-refractivity contribution < 1.29 is 4.74 Å². The number of hydrogen-bond acceptors (Lipinski definition) is 3. The average Bonchev–Trinajstić information content (AvgIpc) is 2.15. The molecule has 13 heavy (non-hydrogen) atoms. The van der Waals surface area contributed by atoms with Crippen molar-refractivity contribution in [2.75, 3.05) is 24.2 Å². The molecule has 0 aliphatic carbocycles. The van der Waals surface area contributed by atoms with E-state index in [9.17, 15) is 0 Å². The molecule has 1 aromatic carbocycles. The lowest BCUT2D eigenvalue weighted by atomic mass is 10.1. The van der Waals surface area contributed by atoms with Crippen molar-refractivity contribution in [3.8, 4) is 5.75 Å². The average molecular weight is 199 g/mol. The summed E-state index contributed by atoms with van der Waals surface area (Å²) in [7, 11) is 0. The summed E-state index contributed by atoms with van der Waals surface area (Å²) in [6.45, 7) is 3.40. The molecule has 1 aliphatic heterocycles. The summed E-state index contributed by atoms with van der Waals surface area (Å²) in [5.41, 5.74) is 8.39. The van der Waals surface area contributed by atoms with Crippen LogP contribution in [-0.4, -0.2) is 13.2 Å². The quantitative estimate of drug-likeness (QED) is 0.628. The SMILES string of the molecule is Cc1c(N)cc(Cl)c2c1NCCO2. The number of nitrogens with two attached hydrogens (primary N) is 1. The van der Waals surface area contributed by atoms with Gasteiger partial charge in [-0.15, -0.1) is 0 Å². The first kappa shape index (κ1) is 8.51. The summed E-state index contributed by atoms with van der Waals surface area (Å²) in [5, 5.41) is 3.80. The fraction of sp³-hybridized carbons (Fsp3) is 0.333. The Bertz CT molecular complexity index is 352. The number of nitrogen functional groups attached to an aromatic ring is 1. The van der Waals surface area contributed by atoms with E-state index in [4.69, 9.17) is 22.1 Å². The van der Waals surface area contributed by atoms with E-state index in [1.165, 1.54) is 0 Å². The molecule has 0 aromatic heterocycles. The van der Waals surface area contributed by atoms with Crippen molar-refractivity contribution in [2.24, 2.45) is 0 Å². The van der Waals surface area contributed by atoms with Gasteiger partial charge < -0.3 is 15.8 Å². The van der Waals surface area contributed by atoms with Crippen LogP contribution in [0.15, 0.2) is 6.07 Å². The Kier molecular flexibility index (Phi) is 1.96. The number of halogens is 1. The molecule has 1 aromatic rings. The van der Waals surface area contributed by atoms with Crippen molar-refractivity contribution in [3.63, 3.8) is 0 Å². The molecule has 0 radical (unpaired) electrons. The lowest BCUT2D eigenvalue weighted by Crippen LogP contribution is -2.19. The maximum Gasteiger partial charge on any atom is 0.161 e. The number of rotatable bonds is 0. The van der Waals surface area contributed by atoms with Crippen molar-refractivity contribution >= 4 is 23.0 Å². The van der Waals surface area contributed by atoms with E-state index in [0.29, 0.717) is 17.3 Å². The molecule has 1 aliphatic rings. The summed E-state index contributed by atoms with van der Waals surface area (Å²) in [6, 6.07) is 1.72. The minimum Gasteiger partial charge on any atom is -0.488 e. The Hall–Kier alpha value is -1.09. The van der Waals surface area contributed by atoms with Crippen LogP contribution in [0.3, 0.4) is 0 Å². The van der Waals surface area contributed by atoms with E-state index in [0.717, 1.165) is 23.5 Å². The van der Waals surface area contributed by atoms with Gasteiger partial charge in [0.1, 0.15) is 6.61 Å². The Balaban J connectivity index is 2.63. The second kappa shape index (κ2) is 3.00. The van der Waals surface area contributed by atoms with Gasteiger partial charge in [-0.25, -0.2) is 0 Å². The molecule has 1 heterocycles. The number of nitrogens with one attached hydrogen (secondary N) is 1. The standard InChI is InChI=1S/C9H11ClN2O/c1-5-7(11)4-6(10)9-8(5)12-2-3-13-9/h4,12H,2-3,11H2,1H3. The summed E-state index contributed by atoms with van der Waals surface area (Å²) in [4.78, 5) is 0. The van der Waals surface area contributed by atoms with Crippen LogP contribution in [0.4, 0.5) is 11.4 Å². The number of ether oxygens (including phenoxy) is 1. The minimum absolute atomic E-state index is 0.574. The van der Waals surface area contributed by atoms with Gasteiger partial charge in [-0.05, 0) is 18.6 Å². The molecule has 4 heteroatoms. The predicted octanol–water partition coefficient (Wildman–Crippen LogP) is 2.03. The van der Waals surface area contributed by atoms with Crippen LogP contribution in [0.5, 0.6) is 5.75 Å². The van der Waals surface area contributed by atoms with E-state index >= 15 is 0 Å². The fourth-order valence-electron chi connectivity index (χ4n) is 1.43. The second-order valence-electron chi connectivity index (χ2n) is 3.05. The first-order valence-electron chi connectivity index (χ1n) is 4.15. The zero-order valence-electron chi connectivity index (χ0n) is 7.36. The Labute approximate surface area is 81.8 Å². The van der Waals surface area contributed by atoms with Gasteiger partial charge >= 0.3 is 0 Å². The molecular weight excluding hydrogens is 188 g/mol. The molecule has 0 unspecified atom stereocenters. The van der Waals surface area contributed by atoms with Crippen LogP contribution in [0.1, 0.15) is 5.56 Å². The van der Waals surface area contributed by atoms with Gasteiger partial charge in [-0.2, -0.15) is 0 Å². The van der Waals surface area contributed by atoms with Crippen LogP contribution in [0.2, 0.25) is 5.02 Å². The van der Waals surface area contributed by atoms with E-state index < -0.39 is 0 Å². The molecule has 3 N–H and O–H groups in total. The zero-order chi connectivity index (χ0) is 9.42. The van der Waals surface area contributed by atoms with Gasteiger partial charge in [0.25, 0.3) is 0 Å². The van der Waals surface area contributed by atoms with Crippen molar-refractivity contribution in [1.82, 2.24) is 0 Å². The molecule has 0 bridgehead atoms. The molecule has 0 amide bonds. The smallest absolute Gasteiger partial charge is 0.161 e. The summed E-state index contributed by atoms with van der Waals surface area (Å²) >= 11 is 5.97. The highest BCUT2D eigenvalue weighted by atomic mass is 35.5. The van der Waals surface area contributed by atoms with Gasteiger partial charge in [0.2, 0.25) is 0 Å². The number of anilines is 2. The summed E-state index contributed by atoms with van der Waals surface area (Å²) in [6.07, 6.45) is 0. The number of benzene rings is 1. The van der Waals surface area contributed by atoms with Crippen LogP contribution < -0.4 is 15.8 Å². The van der Waals surface area contributed by atoms with E-state index in [1.807, 2.05) is 6.92 Å². The lowest BCUT2D eigenvalue weighted by molar-refractivity contribution is 0.323. The highest BCUT2D eigenvalue weighted by Crippen LogP contribution is 2.40. The second-order valence-corrected chi connectivity index (χ2v) is 3.46. The van der Waals surface area contributed by atoms with Crippen LogP contribution in [0.25, 0.3) is 0 Å². The fourth-order valence-corrected chi connectivity index (χ4v) is 1.69. The van der Waals surface area contributed by atoms with Crippen molar-refractivity contribution in [1.29, 1.82) is 0 Å². The minimum atomic E-state index is 0.574. The number of fused-ring (bicyclic) bond motifs is 1. The van der Waals surface area contributed by atoms with Gasteiger partial charge in [-0.1, -0.05) is 11.6 Å². The first-order valence-corrected chi connectivity index (χ1v) is 4.53. The van der Waals surface area contributed by atoms with E-state index in [1.54, 1.807) is 6.07 Å². The van der Waals surface area contributed by atoms with Gasteiger partial charge in [-0.3, -0.25) is 0 Å². The van der Waals surface area contributed by atoms with Gasteiger partial charge in [0, 0.05) is 12.2 Å². The lowest BCUT2D eigenvalue weighted by Gasteiger charge is -2.22. The first-order chi connectivity index (χ1) is 6.20. The molecule has 70 valence electrons. The maximum atomic E-state index is 5.97. The molecule has 0 atom stereocenters. The largest absolute Gasteiger partial charge is 0.488 e. The Morgan fingerprint density at radius 3 is 3.15 bits per heavy atom. The van der Waals surface area contributed by atoms with E-state index in [-0.39, 0.29) is 0 Å². The van der Waals surface area contributed by atoms with Crippen LogP contribution >= 0.6 is 11.6 Å². The van der Waals surface area contributed by atoms with Crippen LogP contribution in [0, 0.1) is 6.92 Å². The molecular formula is C9H11ClN2O. The van der Waals surface area contributed by atoms with Crippen molar-refractivity contribution in [3.05, 3.63) is 16.7 Å². The third kappa shape index (κ3) is 1.29. The summed E-state index contributed by atoms with van der Waals surface area (Å²) in [5.74, 6) is 0.722. The molecule has 0 fully saturated rings. The maximum absolute atomic E-state index is 5.97. The highest BCUT2D eigenvalue weighted by Gasteiger charge is 2.17. The highest BCUT2D eigenvalue weighted by molar-refractivity contribution is 6.33. The third-order valence-corrected chi connectivity index (χ3v) is 2.47. The topological polar surface area (TPSA) is 47.3 Å². The summed E-state index contributed by atoms with van der Waals surface area (Å²) < 4.78 is 5.44. The van der Waals surface area contributed by atoms with E-state index in [2.05, 4.69) is 5.32 Å². The van der Waals surface area contributed by atoms with Gasteiger partial charge in [0.05, 0.1) is 10.7 Å². The molecule has 3 nitrogen and oxygen atoms in total. The molecule has 0 saturated carbocycles. The molecule has 0 saturated heterocycles. The monoisotopic (exact) mass is 198 g/mol. The Morgan fingerprint density at radius 2 is 2.38 bits per heavy atom. The molecule has 2 rings (SSSR count). The molecule has 0 spiro atoms. The normalized spacial score (nSPS) is 14.3. The van der Waals surface area contributed by atoms with Crippen LogP contribution in [-0.2, 0) is 0 Å². The zero-order valence-corrected chi connectivity index (χ0v) is 8.11. The Morgan fingerprint density at radius 1 is 1.62 bits per heavy atom. The number of hydrogen-bond donors (Lipinski definition) is 2. The van der Waals surface area contributed by atoms with Gasteiger partial charge in [0.15, 0.2) is 5.75 Å². The predicted molar refractivity (Wildman–Crippen MR) is 54.6 cm³/mol. The third-order valence-electron chi connectivity index (χ3n) is 2.18. The van der Waals surface area contributed by atoms with Crippen molar-refractivity contribution in [2.45, 2.75) is 6.92 Å².